The molecule has 0 aliphatic rings. The number of alkyl halides is 1. The van der Waals surface area contributed by atoms with E-state index in [1.54, 1.807) is 0 Å². The van der Waals surface area contributed by atoms with Crippen molar-refractivity contribution >= 4 is 27.9 Å². The van der Waals surface area contributed by atoms with Gasteiger partial charge in [-0.1, -0.05) is 131 Å². The highest BCUT2D eigenvalue weighted by atomic mass is 79.9. The summed E-state index contributed by atoms with van der Waals surface area (Å²) in [5, 5.41) is 0.441. The van der Waals surface area contributed by atoms with Gasteiger partial charge in [0.2, 0.25) is 0 Å². The van der Waals surface area contributed by atoms with Crippen LogP contribution >= 0.6 is 15.9 Å². The van der Waals surface area contributed by atoms with Gasteiger partial charge in [-0.05, 0) is 62.2 Å². The third-order valence-electron chi connectivity index (χ3n) is 7.05. The third-order valence-corrected chi connectivity index (χ3v) is 7.78. The second-order valence-corrected chi connectivity index (χ2v) is 12.0. The van der Waals surface area contributed by atoms with Crippen molar-refractivity contribution in [2.75, 3.05) is 11.9 Å². The predicted molar refractivity (Wildman–Crippen MR) is 188 cm³/mol. The molecule has 0 fully saturated rings. The predicted octanol–water partition coefficient (Wildman–Crippen LogP) is 10.3. The minimum absolute atomic E-state index is 0.0889. The lowest BCUT2D eigenvalue weighted by molar-refractivity contribution is -0.157. The molecule has 0 aliphatic carbocycles. The molecule has 0 aromatic carbocycles. The number of hydrogen-bond acceptors (Lipinski definition) is 4. The lowest BCUT2D eigenvalue weighted by Gasteiger charge is -2.15. The van der Waals surface area contributed by atoms with Crippen molar-refractivity contribution in [1.29, 1.82) is 0 Å². The van der Waals surface area contributed by atoms with Gasteiger partial charge in [0.1, 0.15) is 12.7 Å². The first-order valence-electron chi connectivity index (χ1n) is 17.5. The Morgan fingerprint density at radius 2 is 0.886 bits per heavy atom. The number of hydrogen-bond donors (Lipinski definition) is 0. The van der Waals surface area contributed by atoms with Crippen LogP contribution in [0, 0.1) is 47.4 Å². The van der Waals surface area contributed by atoms with Gasteiger partial charge >= 0.3 is 11.9 Å². The maximum absolute atomic E-state index is 12.2. The molecule has 0 bridgehead atoms. The van der Waals surface area contributed by atoms with Crippen molar-refractivity contribution in [3.63, 3.8) is 0 Å². The Morgan fingerprint density at radius 3 is 1.27 bits per heavy atom. The van der Waals surface area contributed by atoms with Gasteiger partial charge in [0.05, 0.1) is 0 Å². The summed E-state index contributed by atoms with van der Waals surface area (Å²) in [7, 11) is 0. The monoisotopic (exact) mass is 670 g/mol. The second kappa shape index (κ2) is 35.1. The topological polar surface area (TPSA) is 52.6 Å². The molecule has 0 heterocycles. The highest BCUT2D eigenvalue weighted by Gasteiger charge is 2.15. The van der Waals surface area contributed by atoms with Crippen LogP contribution in [0.1, 0.15) is 168 Å². The maximum Gasteiger partial charge on any atom is 0.306 e. The highest BCUT2D eigenvalue weighted by Crippen LogP contribution is 2.10. The fourth-order valence-electron chi connectivity index (χ4n) is 4.35. The number of esters is 2. The molecule has 0 rings (SSSR count). The first-order valence-corrected chi connectivity index (χ1v) is 18.6. The van der Waals surface area contributed by atoms with Gasteiger partial charge in [-0.15, -0.1) is 0 Å². The number of rotatable bonds is 26. The van der Waals surface area contributed by atoms with Crippen LogP contribution in [0.15, 0.2) is 0 Å². The summed E-state index contributed by atoms with van der Waals surface area (Å²) in [6, 6.07) is 0. The third kappa shape index (κ3) is 32.6. The Bertz CT molecular complexity index is 957. The zero-order chi connectivity index (χ0) is 32.2. The SMILES string of the molecule is CCCCCCCC#CC#CCCCCCCC(=O)OCC(CBr)OC(=O)CCCCCCC#CC#CCCCCCCC. The van der Waals surface area contributed by atoms with Crippen LogP contribution in [0.4, 0.5) is 0 Å². The normalized spacial score (nSPS) is 10.5. The van der Waals surface area contributed by atoms with Crippen LogP contribution in [0.25, 0.3) is 0 Å². The summed E-state index contributed by atoms with van der Waals surface area (Å²) in [6.45, 7) is 4.54. The lowest BCUT2D eigenvalue weighted by atomic mass is 10.1. The Labute approximate surface area is 279 Å². The molecule has 0 saturated carbocycles. The second-order valence-electron chi connectivity index (χ2n) is 11.3. The number of unbranched alkanes of at least 4 members (excludes halogenated alkanes) is 18. The van der Waals surface area contributed by atoms with E-state index in [9.17, 15) is 9.59 Å². The van der Waals surface area contributed by atoms with Crippen molar-refractivity contribution in [1.82, 2.24) is 0 Å². The Morgan fingerprint density at radius 1 is 0.523 bits per heavy atom. The van der Waals surface area contributed by atoms with Gasteiger partial charge in [0, 0.05) is 43.9 Å². The molecular weight excluding hydrogens is 612 g/mol. The molecular formula is C39H59BrO4. The van der Waals surface area contributed by atoms with Crippen LogP contribution in [0.5, 0.6) is 0 Å². The van der Waals surface area contributed by atoms with Gasteiger partial charge in [-0.2, -0.15) is 0 Å². The van der Waals surface area contributed by atoms with Crippen molar-refractivity contribution < 1.29 is 19.1 Å². The largest absolute Gasteiger partial charge is 0.462 e. The fraction of sp³-hybridized carbons (Fsp3) is 0.744. The first kappa shape index (κ1) is 41.7. The quantitative estimate of drug-likeness (QED) is 0.0398. The number of ether oxygens (including phenoxy) is 2. The zero-order valence-electron chi connectivity index (χ0n) is 28.0. The molecule has 1 unspecified atom stereocenters. The Balaban J connectivity index is 3.73. The first-order chi connectivity index (χ1) is 21.6. The van der Waals surface area contributed by atoms with Gasteiger partial charge in [-0.25, -0.2) is 0 Å². The fourth-order valence-corrected chi connectivity index (χ4v) is 4.67. The van der Waals surface area contributed by atoms with E-state index in [0.717, 1.165) is 77.0 Å². The van der Waals surface area contributed by atoms with Crippen molar-refractivity contribution in [2.45, 2.75) is 174 Å². The number of halogens is 1. The number of carbonyl (C=O) groups excluding carboxylic acids is 2. The van der Waals surface area contributed by atoms with Gasteiger partial charge in [0.15, 0.2) is 0 Å². The molecule has 246 valence electrons. The Hall–Kier alpha value is -2.34. The van der Waals surface area contributed by atoms with Crippen molar-refractivity contribution in [3.8, 4) is 47.4 Å². The lowest BCUT2D eigenvalue weighted by Crippen LogP contribution is -2.26. The molecule has 0 spiro atoms. The summed E-state index contributed by atoms with van der Waals surface area (Å²) in [5.74, 6) is 23.8. The van der Waals surface area contributed by atoms with E-state index >= 15 is 0 Å². The van der Waals surface area contributed by atoms with E-state index in [4.69, 9.17) is 9.47 Å². The van der Waals surface area contributed by atoms with Crippen molar-refractivity contribution in [3.05, 3.63) is 0 Å². The summed E-state index contributed by atoms with van der Waals surface area (Å²) < 4.78 is 10.8. The average molecular weight is 672 g/mol. The summed E-state index contributed by atoms with van der Waals surface area (Å²) >= 11 is 3.36. The van der Waals surface area contributed by atoms with Crippen LogP contribution in [-0.4, -0.2) is 30.0 Å². The van der Waals surface area contributed by atoms with Crippen LogP contribution in [0.3, 0.4) is 0 Å². The van der Waals surface area contributed by atoms with Crippen LogP contribution < -0.4 is 0 Å². The van der Waals surface area contributed by atoms with Crippen LogP contribution in [-0.2, 0) is 19.1 Å². The molecule has 0 aliphatic heterocycles. The van der Waals surface area contributed by atoms with Gasteiger partial charge < -0.3 is 9.47 Å². The molecule has 1 atom stereocenters. The van der Waals surface area contributed by atoms with E-state index in [0.29, 0.717) is 18.2 Å². The standard InChI is InChI=1S/C39H59BrO4/c1-3-5-7-9-11-13-15-17-19-21-23-25-27-29-31-33-38(41)43-36-37(35-40)44-39(42)34-32-30-28-26-24-22-20-18-16-14-12-10-8-6-4-2/h37H,3-14,23-36H2,1-2H3. The minimum atomic E-state index is -0.457. The molecule has 0 aromatic heterocycles. The van der Waals surface area contributed by atoms with E-state index in [1.807, 2.05) is 0 Å². The highest BCUT2D eigenvalue weighted by molar-refractivity contribution is 9.09. The average Bonchev–Trinajstić information content (AvgIpc) is 3.02. The smallest absolute Gasteiger partial charge is 0.306 e. The maximum atomic E-state index is 12.2. The molecule has 5 heteroatoms. The van der Waals surface area contributed by atoms with Gasteiger partial charge in [0.25, 0.3) is 0 Å². The summed E-state index contributed by atoms with van der Waals surface area (Å²) in [4.78, 5) is 24.3. The van der Waals surface area contributed by atoms with E-state index < -0.39 is 6.10 Å². The van der Waals surface area contributed by atoms with E-state index in [-0.39, 0.29) is 18.5 Å². The number of carbonyl (C=O) groups is 2. The molecule has 0 saturated heterocycles. The molecule has 44 heavy (non-hydrogen) atoms. The summed E-state index contributed by atoms with van der Waals surface area (Å²) in [6.07, 6.45) is 24.2. The molecule has 0 radical (unpaired) electrons. The van der Waals surface area contributed by atoms with Crippen LogP contribution in [0.2, 0.25) is 0 Å². The zero-order valence-corrected chi connectivity index (χ0v) is 29.6. The van der Waals surface area contributed by atoms with E-state index in [1.165, 1.54) is 64.2 Å². The summed E-state index contributed by atoms with van der Waals surface area (Å²) in [5.41, 5.74) is 0. The van der Waals surface area contributed by atoms with E-state index in [2.05, 4.69) is 77.1 Å². The van der Waals surface area contributed by atoms with Gasteiger partial charge in [-0.3, -0.25) is 9.59 Å². The minimum Gasteiger partial charge on any atom is -0.462 e. The van der Waals surface area contributed by atoms with Crippen molar-refractivity contribution in [2.24, 2.45) is 0 Å². The Kier molecular flexibility index (Phi) is 33.3. The molecule has 4 nitrogen and oxygen atoms in total. The molecule has 0 amide bonds. The molecule has 0 aromatic rings. The molecule has 0 N–H and O–H groups in total.